The van der Waals surface area contributed by atoms with Crippen LogP contribution in [0.1, 0.15) is 29.7 Å². The molecule has 1 fully saturated rings. The number of nitrogens with zero attached hydrogens (tertiary/aromatic N) is 6. The van der Waals surface area contributed by atoms with E-state index < -0.39 is 0 Å². The molecular weight excluding hydrogens is 392 g/mol. The first-order chi connectivity index (χ1) is 15.0. The Labute approximate surface area is 181 Å². The van der Waals surface area contributed by atoms with Gasteiger partial charge in [0.2, 0.25) is 0 Å². The Morgan fingerprint density at radius 1 is 1.19 bits per heavy atom. The molecule has 0 saturated carbocycles. The Morgan fingerprint density at radius 2 is 1.97 bits per heavy atom. The summed E-state index contributed by atoms with van der Waals surface area (Å²) in [5, 5.41) is 27.9. The average molecular weight is 419 g/mol. The van der Waals surface area contributed by atoms with Crippen LogP contribution in [0, 0.1) is 18.3 Å². The molecule has 0 aliphatic carbocycles. The van der Waals surface area contributed by atoms with E-state index in [9.17, 15) is 5.26 Å². The van der Waals surface area contributed by atoms with Gasteiger partial charge in [-0.2, -0.15) is 5.26 Å². The second-order valence-corrected chi connectivity index (χ2v) is 7.70. The minimum Gasteiger partial charge on any atom is -0.495 e. The van der Waals surface area contributed by atoms with Crippen molar-refractivity contribution in [2.75, 3.05) is 43.5 Å². The topological polar surface area (TPSA) is 116 Å². The number of nitrogens with one attached hydrogen (secondary N) is 1. The quantitative estimate of drug-likeness (QED) is 0.602. The molecule has 0 radical (unpaired) electrons. The standard InChI is InChI=1S/C22H26N8O/c1-14-16(13-23)5-4-6-17(14)15(2)25-22-18-11-20(29-7-9-30(24)10-8-29)21(31-3)12-19(18)26-28-27-22/h4-6,11-12,15H,7-10,24H2,1-3H3,(H,25,26,27)/t15-/m1/s1. The highest BCUT2D eigenvalue weighted by Crippen LogP contribution is 2.36. The number of hydrogen-bond acceptors (Lipinski definition) is 9. The van der Waals surface area contributed by atoms with Crippen LogP contribution in [0.25, 0.3) is 10.9 Å². The van der Waals surface area contributed by atoms with Crippen LogP contribution in [0.2, 0.25) is 0 Å². The fourth-order valence-electron chi connectivity index (χ4n) is 4.01. The molecule has 0 bridgehead atoms. The Balaban J connectivity index is 1.72. The van der Waals surface area contributed by atoms with Crippen LogP contribution in [0.4, 0.5) is 11.5 Å². The smallest absolute Gasteiger partial charge is 0.160 e. The van der Waals surface area contributed by atoms with Gasteiger partial charge in [0.25, 0.3) is 0 Å². The Kier molecular flexibility index (Phi) is 5.84. The summed E-state index contributed by atoms with van der Waals surface area (Å²) in [5.41, 5.74) is 4.35. The molecule has 1 aliphatic rings. The summed E-state index contributed by atoms with van der Waals surface area (Å²) < 4.78 is 5.64. The predicted molar refractivity (Wildman–Crippen MR) is 120 cm³/mol. The summed E-state index contributed by atoms with van der Waals surface area (Å²) in [6.45, 7) is 7.19. The van der Waals surface area contributed by atoms with E-state index in [0.29, 0.717) is 16.9 Å². The molecule has 0 amide bonds. The lowest BCUT2D eigenvalue weighted by Gasteiger charge is -2.34. The van der Waals surface area contributed by atoms with Crippen LogP contribution < -0.4 is 20.8 Å². The number of methoxy groups -OCH3 is 1. The van der Waals surface area contributed by atoms with Gasteiger partial charge in [-0.05, 0) is 42.3 Å². The largest absolute Gasteiger partial charge is 0.495 e. The second-order valence-electron chi connectivity index (χ2n) is 7.70. The molecule has 3 N–H and O–H groups in total. The van der Waals surface area contributed by atoms with Crippen LogP contribution in [0.5, 0.6) is 5.75 Å². The lowest BCUT2D eigenvalue weighted by atomic mass is 9.98. The van der Waals surface area contributed by atoms with Gasteiger partial charge in [0, 0.05) is 37.6 Å². The van der Waals surface area contributed by atoms with Crippen molar-refractivity contribution in [2.24, 2.45) is 5.84 Å². The first-order valence-corrected chi connectivity index (χ1v) is 10.2. The maximum atomic E-state index is 9.35. The highest BCUT2D eigenvalue weighted by molar-refractivity contribution is 5.93. The van der Waals surface area contributed by atoms with E-state index in [-0.39, 0.29) is 6.04 Å². The van der Waals surface area contributed by atoms with E-state index in [0.717, 1.165) is 54.1 Å². The number of piperazine rings is 1. The SMILES string of the molecule is COc1cc2nnnc(N[C@H](C)c3cccc(C#N)c3C)c2cc1N1CCN(N)CC1. The summed E-state index contributed by atoms with van der Waals surface area (Å²) in [4.78, 5) is 2.26. The number of hydrogen-bond donors (Lipinski definition) is 2. The van der Waals surface area contributed by atoms with Crippen LogP contribution >= 0.6 is 0 Å². The molecule has 0 spiro atoms. The van der Waals surface area contributed by atoms with Gasteiger partial charge in [-0.3, -0.25) is 5.84 Å². The maximum absolute atomic E-state index is 9.35. The molecule has 9 heteroatoms. The Morgan fingerprint density at radius 3 is 2.68 bits per heavy atom. The molecule has 3 aromatic rings. The van der Waals surface area contributed by atoms with Gasteiger partial charge in [-0.15, -0.1) is 10.2 Å². The fraction of sp³-hybridized carbons (Fsp3) is 0.364. The lowest BCUT2D eigenvalue weighted by Crippen LogP contribution is -2.49. The van der Waals surface area contributed by atoms with E-state index in [4.69, 9.17) is 10.6 Å². The van der Waals surface area contributed by atoms with Crippen molar-refractivity contribution < 1.29 is 4.74 Å². The van der Waals surface area contributed by atoms with Crippen LogP contribution in [-0.2, 0) is 0 Å². The number of anilines is 2. The van der Waals surface area contributed by atoms with Gasteiger partial charge in [0.05, 0.1) is 30.5 Å². The molecule has 4 rings (SSSR count). The molecule has 1 atom stereocenters. The number of nitrogens with two attached hydrogens (primary N) is 1. The molecule has 2 aromatic carbocycles. The van der Waals surface area contributed by atoms with Gasteiger partial charge in [-0.1, -0.05) is 12.1 Å². The predicted octanol–water partition coefficient (Wildman–Crippen LogP) is 2.38. The van der Waals surface area contributed by atoms with E-state index in [1.807, 2.05) is 43.1 Å². The van der Waals surface area contributed by atoms with Gasteiger partial charge in [0.15, 0.2) is 5.82 Å². The Hall–Kier alpha value is -3.48. The first-order valence-electron chi connectivity index (χ1n) is 10.2. The summed E-state index contributed by atoms with van der Waals surface area (Å²) in [7, 11) is 1.66. The molecule has 160 valence electrons. The fourth-order valence-corrected chi connectivity index (χ4v) is 4.01. The van der Waals surface area contributed by atoms with Crippen molar-refractivity contribution in [3.05, 3.63) is 47.0 Å². The summed E-state index contributed by atoms with van der Waals surface area (Å²) in [6.07, 6.45) is 0. The third-order valence-electron chi connectivity index (χ3n) is 5.82. The minimum atomic E-state index is -0.0699. The van der Waals surface area contributed by atoms with E-state index in [1.54, 1.807) is 7.11 Å². The number of nitriles is 1. The van der Waals surface area contributed by atoms with Gasteiger partial charge >= 0.3 is 0 Å². The van der Waals surface area contributed by atoms with Crippen LogP contribution in [0.3, 0.4) is 0 Å². The monoisotopic (exact) mass is 418 g/mol. The number of fused-ring (bicyclic) bond motifs is 1. The van der Waals surface area contributed by atoms with Crippen LogP contribution in [0.15, 0.2) is 30.3 Å². The zero-order valence-corrected chi connectivity index (χ0v) is 18.0. The van der Waals surface area contributed by atoms with Crippen molar-refractivity contribution in [2.45, 2.75) is 19.9 Å². The molecule has 0 unspecified atom stereocenters. The number of hydrazine groups is 1. The van der Waals surface area contributed by atoms with E-state index in [1.165, 1.54) is 0 Å². The molecular formula is C22H26N8O. The van der Waals surface area contributed by atoms with Crippen molar-refractivity contribution >= 4 is 22.4 Å². The number of benzene rings is 2. The molecule has 9 nitrogen and oxygen atoms in total. The third kappa shape index (κ3) is 4.08. The van der Waals surface area contributed by atoms with Crippen molar-refractivity contribution in [1.82, 2.24) is 20.4 Å². The highest BCUT2D eigenvalue weighted by Gasteiger charge is 2.21. The van der Waals surface area contributed by atoms with Crippen LogP contribution in [-0.4, -0.2) is 53.7 Å². The van der Waals surface area contributed by atoms with Gasteiger partial charge < -0.3 is 15.0 Å². The van der Waals surface area contributed by atoms with Gasteiger partial charge in [0.1, 0.15) is 11.3 Å². The zero-order valence-electron chi connectivity index (χ0n) is 18.0. The number of ether oxygens (including phenoxy) is 1. The highest BCUT2D eigenvalue weighted by atomic mass is 16.5. The normalized spacial score (nSPS) is 15.5. The lowest BCUT2D eigenvalue weighted by molar-refractivity contribution is 0.265. The van der Waals surface area contributed by atoms with E-state index in [2.05, 4.69) is 37.8 Å². The molecule has 2 heterocycles. The van der Waals surface area contributed by atoms with Crippen molar-refractivity contribution in [3.8, 4) is 11.8 Å². The van der Waals surface area contributed by atoms with Crippen molar-refractivity contribution in [3.63, 3.8) is 0 Å². The second kappa shape index (κ2) is 8.71. The zero-order chi connectivity index (χ0) is 22.0. The summed E-state index contributed by atoms with van der Waals surface area (Å²) >= 11 is 0. The van der Waals surface area contributed by atoms with Gasteiger partial charge in [-0.25, -0.2) is 5.01 Å². The number of rotatable bonds is 5. The molecule has 1 aliphatic heterocycles. The molecule has 1 saturated heterocycles. The molecule has 1 aromatic heterocycles. The van der Waals surface area contributed by atoms with E-state index >= 15 is 0 Å². The summed E-state index contributed by atoms with van der Waals surface area (Å²) in [5.74, 6) is 7.31. The third-order valence-corrected chi connectivity index (χ3v) is 5.82. The summed E-state index contributed by atoms with van der Waals surface area (Å²) in [6, 6.07) is 11.9. The molecule has 31 heavy (non-hydrogen) atoms. The number of aromatic nitrogens is 3. The maximum Gasteiger partial charge on any atom is 0.160 e. The Bertz CT molecular complexity index is 1130. The van der Waals surface area contributed by atoms with Crippen molar-refractivity contribution in [1.29, 1.82) is 5.26 Å². The average Bonchev–Trinajstić information content (AvgIpc) is 2.79. The minimum absolute atomic E-state index is 0.0699. The first kappa shape index (κ1) is 20.8.